The lowest BCUT2D eigenvalue weighted by atomic mass is 9.84. The Balaban J connectivity index is 2.72. The van der Waals surface area contributed by atoms with Crippen LogP contribution in [0.1, 0.15) is 27.2 Å². The van der Waals surface area contributed by atoms with Crippen molar-refractivity contribution in [3.63, 3.8) is 0 Å². The second-order valence-corrected chi connectivity index (χ2v) is 4.31. The predicted octanol–water partition coefficient (Wildman–Crippen LogP) is 1.22. The highest BCUT2D eigenvalue weighted by Crippen LogP contribution is 2.26. The summed E-state index contributed by atoms with van der Waals surface area (Å²) in [5.41, 5.74) is -0.281. The van der Waals surface area contributed by atoms with Crippen molar-refractivity contribution in [3.8, 4) is 6.07 Å². The third-order valence-electron chi connectivity index (χ3n) is 3.57. The van der Waals surface area contributed by atoms with Crippen LogP contribution in [0.25, 0.3) is 0 Å². The summed E-state index contributed by atoms with van der Waals surface area (Å²) in [5.74, 6) is 0.436. The molecule has 2 atom stereocenters. The van der Waals surface area contributed by atoms with Crippen LogP contribution in [0.3, 0.4) is 0 Å². The molecule has 0 aromatic heterocycles. The zero-order chi connectivity index (χ0) is 10.6. The van der Waals surface area contributed by atoms with Crippen LogP contribution >= 0.6 is 0 Å². The normalized spacial score (nSPS) is 25.0. The quantitative estimate of drug-likeness (QED) is 0.736. The fraction of sp³-hybridized carbons (Fsp3) is 0.909. The summed E-state index contributed by atoms with van der Waals surface area (Å²) < 4.78 is 0. The molecule has 0 saturated carbocycles. The third-order valence-corrected chi connectivity index (χ3v) is 3.57. The Bertz CT molecular complexity index is 215. The summed E-state index contributed by atoms with van der Waals surface area (Å²) in [6.45, 7) is 10.4. The van der Waals surface area contributed by atoms with Crippen molar-refractivity contribution in [1.29, 1.82) is 5.26 Å². The fourth-order valence-corrected chi connectivity index (χ4v) is 2.02. The lowest BCUT2D eigenvalue weighted by Gasteiger charge is -2.42. The van der Waals surface area contributed by atoms with Crippen molar-refractivity contribution in [1.82, 2.24) is 10.2 Å². The molecule has 14 heavy (non-hydrogen) atoms. The van der Waals surface area contributed by atoms with Crippen LogP contribution in [0, 0.1) is 17.2 Å². The lowest BCUT2D eigenvalue weighted by Crippen LogP contribution is -2.56. The van der Waals surface area contributed by atoms with Gasteiger partial charge in [0.05, 0.1) is 6.07 Å². The van der Waals surface area contributed by atoms with Crippen LogP contribution in [0.5, 0.6) is 0 Å². The first-order valence-electron chi connectivity index (χ1n) is 5.52. The van der Waals surface area contributed by atoms with Gasteiger partial charge >= 0.3 is 0 Å². The van der Waals surface area contributed by atoms with Gasteiger partial charge in [-0.05, 0) is 12.8 Å². The Morgan fingerprint density at radius 3 is 2.50 bits per heavy atom. The van der Waals surface area contributed by atoms with Crippen LogP contribution in [-0.2, 0) is 0 Å². The molecule has 0 amide bonds. The van der Waals surface area contributed by atoms with E-state index in [-0.39, 0.29) is 5.54 Å². The Morgan fingerprint density at radius 1 is 1.50 bits per heavy atom. The maximum Gasteiger partial charge on any atom is 0.109 e. The molecule has 0 aliphatic carbocycles. The van der Waals surface area contributed by atoms with Gasteiger partial charge < -0.3 is 5.32 Å². The van der Waals surface area contributed by atoms with Crippen molar-refractivity contribution >= 4 is 0 Å². The van der Waals surface area contributed by atoms with Gasteiger partial charge in [-0.25, -0.2) is 0 Å². The molecule has 1 fully saturated rings. The smallest absolute Gasteiger partial charge is 0.109 e. The van der Waals surface area contributed by atoms with Crippen molar-refractivity contribution < 1.29 is 0 Å². The minimum Gasteiger partial charge on any atom is -0.314 e. The first-order chi connectivity index (χ1) is 6.65. The maximum absolute atomic E-state index is 9.33. The molecule has 80 valence electrons. The molecule has 1 N–H and O–H groups in total. The minimum atomic E-state index is -0.281. The Morgan fingerprint density at radius 2 is 2.07 bits per heavy atom. The monoisotopic (exact) mass is 195 g/mol. The molecule has 1 saturated heterocycles. The van der Waals surface area contributed by atoms with E-state index in [0.29, 0.717) is 5.92 Å². The van der Waals surface area contributed by atoms with Crippen LogP contribution in [-0.4, -0.2) is 36.6 Å². The number of piperazine rings is 1. The molecule has 1 rings (SSSR count). The molecule has 0 radical (unpaired) electrons. The van der Waals surface area contributed by atoms with E-state index in [4.69, 9.17) is 0 Å². The van der Waals surface area contributed by atoms with E-state index >= 15 is 0 Å². The zero-order valence-electron chi connectivity index (χ0n) is 9.51. The highest BCUT2D eigenvalue weighted by Gasteiger charge is 2.36. The van der Waals surface area contributed by atoms with E-state index in [1.807, 2.05) is 0 Å². The molecule has 3 heteroatoms. The van der Waals surface area contributed by atoms with Gasteiger partial charge in [-0.1, -0.05) is 20.3 Å². The minimum absolute atomic E-state index is 0.281. The molecule has 0 bridgehead atoms. The van der Waals surface area contributed by atoms with Gasteiger partial charge in [0.15, 0.2) is 0 Å². The fourth-order valence-electron chi connectivity index (χ4n) is 2.02. The van der Waals surface area contributed by atoms with E-state index in [2.05, 4.69) is 37.1 Å². The van der Waals surface area contributed by atoms with Crippen LogP contribution in [0.15, 0.2) is 0 Å². The van der Waals surface area contributed by atoms with E-state index in [1.54, 1.807) is 0 Å². The number of nitriles is 1. The number of hydrogen-bond acceptors (Lipinski definition) is 3. The standard InChI is InChI=1S/C11H21N3/c1-4-10(2)11(3,9-12)14-7-5-13-6-8-14/h10,13H,4-8H2,1-3H3. The average Bonchev–Trinajstić information content (AvgIpc) is 2.28. The van der Waals surface area contributed by atoms with Crippen LogP contribution in [0.4, 0.5) is 0 Å². The van der Waals surface area contributed by atoms with Crippen LogP contribution in [0.2, 0.25) is 0 Å². The first-order valence-corrected chi connectivity index (χ1v) is 5.52. The van der Waals surface area contributed by atoms with E-state index < -0.39 is 0 Å². The summed E-state index contributed by atoms with van der Waals surface area (Å²) in [5, 5.41) is 12.6. The number of nitrogens with one attached hydrogen (secondary N) is 1. The van der Waals surface area contributed by atoms with E-state index in [0.717, 1.165) is 32.6 Å². The molecule has 1 heterocycles. The molecule has 0 spiro atoms. The first kappa shape index (κ1) is 11.5. The molecular weight excluding hydrogens is 174 g/mol. The number of hydrogen-bond donors (Lipinski definition) is 1. The number of nitrogens with zero attached hydrogens (tertiary/aromatic N) is 2. The summed E-state index contributed by atoms with van der Waals surface area (Å²) in [7, 11) is 0. The SMILES string of the molecule is CCC(C)C(C)(C#N)N1CCNCC1. The highest BCUT2D eigenvalue weighted by atomic mass is 15.2. The Labute approximate surface area is 87.1 Å². The number of rotatable bonds is 3. The molecule has 0 aromatic rings. The summed E-state index contributed by atoms with van der Waals surface area (Å²) in [4.78, 5) is 2.32. The van der Waals surface area contributed by atoms with Crippen molar-refractivity contribution in [2.45, 2.75) is 32.7 Å². The van der Waals surface area contributed by atoms with Gasteiger partial charge in [0.25, 0.3) is 0 Å². The summed E-state index contributed by atoms with van der Waals surface area (Å²) >= 11 is 0. The van der Waals surface area contributed by atoms with Crippen molar-refractivity contribution in [2.75, 3.05) is 26.2 Å². The van der Waals surface area contributed by atoms with Gasteiger partial charge in [-0.2, -0.15) is 5.26 Å². The molecular formula is C11H21N3. The van der Waals surface area contributed by atoms with Gasteiger partial charge in [0, 0.05) is 26.2 Å². The second kappa shape index (κ2) is 4.77. The van der Waals surface area contributed by atoms with Gasteiger partial charge in [-0.15, -0.1) is 0 Å². The van der Waals surface area contributed by atoms with Gasteiger partial charge in [0.2, 0.25) is 0 Å². The molecule has 0 aromatic carbocycles. The van der Waals surface area contributed by atoms with Crippen molar-refractivity contribution in [2.24, 2.45) is 5.92 Å². The zero-order valence-corrected chi connectivity index (χ0v) is 9.51. The second-order valence-electron chi connectivity index (χ2n) is 4.31. The topological polar surface area (TPSA) is 39.1 Å². The predicted molar refractivity (Wildman–Crippen MR) is 57.9 cm³/mol. The molecule has 3 nitrogen and oxygen atoms in total. The molecule has 1 aliphatic rings. The Hall–Kier alpha value is -0.590. The van der Waals surface area contributed by atoms with E-state index in [9.17, 15) is 5.26 Å². The van der Waals surface area contributed by atoms with Gasteiger partial charge in [0.1, 0.15) is 5.54 Å². The van der Waals surface area contributed by atoms with Gasteiger partial charge in [-0.3, -0.25) is 4.90 Å². The summed E-state index contributed by atoms with van der Waals surface area (Å²) in [6, 6.07) is 2.50. The third kappa shape index (κ3) is 2.08. The largest absolute Gasteiger partial charge is 0.314 e. The van der Waals surface area contributed by atoms with Crippen molar-refractivity contribution in [3.05, 3.63) is 0 Å². The summed E-state index contributed by atoms with van der Waals surface area (Å²) in [6.07, 6.45) is 1.06. The average molecular weight is 195 g/mol. The molecule has 2 unspecified atom stereocenters. The van der Waals surface area contributed by atoms with Crippen LogP contribution < -0.4 is 5.32 Å². The lowest BCUT2D eigenvalue weighted by molar-refractivity contribution is 0.0860. The highest BCUT2D eigenvalue weighted by molar-refractivity contribution is 5.08. The molecule has 1 aliphatic heterocycles. The Kier molecular flexibility index (Phi) is 3.91. The maximum atomic E-state index is 9.33. The van der Waals surface area contributed by atoms with E-state index in [1.165, 1.54) is 0 Å².